The molecule has 17 heavy (non-hydrogen) atoms. The molecule has 1 amide bonds. The van der Waals surface area contributed by atoms with E-state index < -0.39 is 40.0 Å². The van der Waals surface area contributed by atoms with Crippen LogP contribution in [-0.2, 0) is 14.8 Å². The van der Waals surface area contributed by atoms with Gasteiger partial charge in [0.15, 0.2) is 0 Å². The summed E-state index contributed by atoms with van der Waals surface area (Å²) in [5, 5.41) is 2.17. The molecular weight excluding hydrogens is 261 g/mol. The Kier molecular flexibility index (Phi) is 3.45. The molecule has 0 aromatic rings. The molecule has 100 valence electrons. The number of likely N-dealkylation sites (N-methyl/N-ethyl adjacent to an activating group) is 1. The van der Waals surface area contributed by atoms with Gasteiger partial charge in [-0.05, 0) is 12.3 Å². The fourth-order valence-corrected chi connectivity index (χ4v) is 2.86. The number of rotatable bonds is 4. The van der Waals surface area contributed by atoms with E-state index in [0.29, 0.717) is 0 Å². The standard InChI is InChI=1S/C8H13F3N2O3S/c1-12-6(14)7(13-17(2,15)16)3-5(7)4-8(9,10)11/h5,13H,3-4H2,1-2H3,(H,12,14). The lowest BCUT2D eigenvalue weighted by Gasteiger charge is -2.17. The molecular formula is C8H13F3N2O3S. The molecule has 0 heterocycles. The number of carbonyl (C=O) groups excluding carboxylic acids is 1. The average molecular weight is 274 g/mol. The number of sulfonamides is 1. The molecule has 0 aromatic heterocycles. The summed E-state index contributed by atoms with van der Waals surface area (Å²) in [4.78, 5) is 11.5. The molecule has 1 fully saturated rings. The van der Waals surface area contributed by atoms with Crippen molar-refractivity contribution in [2.24, 2.45) is 5.92 Å². The first-order chi connectivity index (χ1) is 7.50. The van der Waals surface area contributed by atoms with Crippen molar-refractivity contribution in [1.29, 1.82) is 0 Å². The van der Waals surface area contributed by atoms with Gasteiger partial charge >= 0.3 is 6.18 Å². The Morgan fingerprint density at radius 3 is 2.35 bits per heavy atom. The largest absolute Gasteiger partial charge is 0.389 e. The number of alkyl halides is 3. The van der Waals surface area contributed by atoms with E-state index >= 15 is 0 Å². The van der Waals surface area contributed by atoms with E-state index in [1.54, 1.807) is 0 Å². The maximum Gasteiger partial charge on any atom is 0.389 e. The third kappa shape index (κ3) is 3.56. The second kappa shape index (κ2) is 4.13. The molecule has 5 nitrogen and oxygen atoms in total. The molecule has 0 saturated heterocycles. The SMILES string of the molecule is CNC(=O)C1(NS(C)(=O)=O)CC1CC(F)(F)F. The van der Waals surface area contributed by atoms with Crippen LogP contribution >= 0.6 is 0 Å². The molecule has 0 radical (unpaired) electrons. The van der Waals surface area contributed by atoms with Gasteiger partial charge in [-0.1, -0.05) is 0 Å². The van der Waals surface area contributed by atoms with Crippen molar-refractivity contribution in [3.63, 3.8) is 0 Å². The molecule has 1 aliphatic rings. The van der Waals surface area contributed by atoms with Crippen LogP contribution in [0.1, 0.15) is 12.8 Å². The minimum Gasteiger partial charge on any atom is -0.358 e. The van der Waals surface area contributed by atoms with Crippen LogP contribution in [0.5, 0.6) is 0 Å². The van der Waals surface area contributed by atoms with Gasteiger partial charge in [0.1, 0.15) is 5.54 Å². The van der Waals surface area contributed by atoms with Gasteiger partial charge in [-0.2, -0.15) is 17.9 Å². The van der Waals surface area contributed by atoms with Crippen LogP contribution in [0.4, 0.5) is 13.2 Å². The van der Waals surface area contributed by atoms with Crippen molar-refractivity contribution >= 4 is 15.9 Å². The highest BCUT2D eigenvalue weighted by atomic mass is 32.2. The molecule has 1 saturated carbocycles. The number of nitrogens with one attached hydrogen (secondary N) is 2. The van der Waals surface area contributed by atoms with E-state index in [2.05, 4.69) is 5.32 Å². The van der Waals surface area contributed by atoms with E-state index in [9.17, 15) is 26.4 Å². The lowest BCUT2D eigenvalue weighted by atomic mass is 10.1. The van der Waals surface area contributed by atoms with Gasteiger partial charge < -0.3 is 5.32 Å². The molecule has 0 spiro atoms. The van der Waals surface area contributed by atoms with Crippen LogP contribution < -0.4 is 10.0 Å². The van der Waals surface area contributed by atoms with Crippen LogP contribution in [0.3, 0.4) is 0 Å². The van der Waals surface area contributed by atoms with Crippen molar-refractivity contribution in [3.8, 4) is 0 Å². The Hall–Kier alpha value is -0.830. The molecule has 0 aromatic carbocycles. The number of carbonyl (C=O) groups is 1. The predicted octanol–water partition coefficient (Wildman–Crippen LogP) is -0.00730. The Morgan fingerprint density at radius 1 is 1.47 bits per heavy atom. The summed E-state index contributed by atoms with van der Waals surface area (Å²) in [6.45, 7) is 0. The first kappa shape index (κ1) is 14.2. The van der Waals surface area contributed by atoms with Crippen LogP contribution in [0.15, 0.2) is 0 Å². The molecule has 0 aliphatic heterocycles. The van der Waals surface area contributed by atoms with E-state index in [0.717, 1.165) is 6.26 Å². The van der Waals surface area contributed by atoms with E-state index in [4.69, 9.17) is 0 Å². The normalized spacial score (nSPS) is 28.9. The average Bonchev–Trinajstić information content (AvgIpc) is 2.71. The monoisotopic (exact) mass is 274 g/mol. The van der Waals surface area contributed by atoms with E-state index in [1.165, 1.54) is 7.05 Å². The Bertz CT molecular complexity index is 420. The van der Waals surface area contributed by atoms with Gasteiger partial charge in [-0.25, -0.2) is 8.42 Å². The van der Waals surface area contributed by atoms with Crippen molar-refractivity contribution in [1.82, 2.24) is 10.0 Å². The summed E-state index contributed by atoms with van der Waals surface area (Å²) in [6, 6.07) is 0. The number of hydrogen-bond acceptors (Lipinski definition) is 3. The number of hydrogen-bond donors (Lipinski definition) is 2. The molecule has 9 heteroatoms. The third-order valence-electron chi connectivity index (χ3n) is 2.58. The molecule has 2 N–H and O–H groups in total. The topological polar surface area (TPSA) is 75.3 Å². The van der Waals surface area contributed by atoms with Crippen LogP contribution in [0.2, 0.25) is 0 Å². The molecule has 2 atom stereocenters. The first-order valence-corrected chi connectivity index (χ1v) is 6.67. The summed E-state index contributed by atoms with van der Waals surface area (Å²) < 4.78 is 60.6. The van der Waals surface area contributed by atoms with Gasteiger partial charge in [-0.15, -0.1) is 0 Å². The van der Waals surface area contributed by atoms with Gasteiger partial charge in [0, 0.05) is 13.5 Å². The highest BCUT2D eigenvalue weighted by molar-refractivity contribution is 7.88. The van der Waals surface area contributed by atoms with Gasteiger partial charge in [0.2, 0.25) is 15.9 Å². The number of amides is 1. The Morgan fingerprint density at radius 2 is 2.00 bits per heavy atom. The fourth-order valence-electron chi connectivity index (χ4n) is 1.86. The minimum absolute atomic E-state index is 0.140. The Labute approximate surface area is 96.8 Å². The van der Waals surface area contributed by atoms with E-state index in [-0.39, 0.29) is 6.42 Å². The maximum atomic E-state index is 12.2. The summed E-state index contributed by atoms with van der Waals surface area (Å²) in [6.07, 6.45) is -4.93. The van der Waals surface area contributed by atoms with Crippen molar-refractivity contribution in [3.05, 3.63) is 0 Å². The summed E-state index contributed by atoms with van der Waals surface area (Å²) in [7, 11) is -2.49. The van der Waals surface area contributed by atoms with Gasteiger partial charge in [-0.3, -0.25) is 4.79 Å². The van der Waals surface area contributed by atoms with Crippen LogP contribution in [0.25, 0.3) is 0 Å². The zero-order valence-electron chi connectivity index (χ0n) is 9.26. The molecule has 0 bridgehead atoms. The molecule has 2 unspecified atom stereocenters. The quantitative estimate of drug-likeness (QED) is 0.757. The number of halogens is 3. The Balaban J connectivity index is 2.84. The smallest absolute Gasteiger partial charge is 0.358 e. The van der Waals surface area contributed by atoms with Crippen molar-refractivity contribution in [2.75, 3.05) is 13.3 Å². The van der Waals surface area contributed by atoms with Gasteiger partial charge in [0.25, 0.3) is 0 Å². The molecule has 1 rings (SSSR count). The predicted molar refractivity (Wildman–Crippen MR) is 53.6 cm³/mol. The second-order valence-corrected chi connectivity index (χ2v) is 5.89. The zero-order chi connectivity index (χ0) is 13.5. The van der Waals surface area contributed by atoms with Crippen molar-refractivity contribution in [2.45, 2.75) is 24.6 Å². The minimum atomic E-state index is -4.42. The highest BCUT2D eigenvalue weighted by Crippen LogP contribution is 2.50. The third-order valence-corrected chi connectivity index (χ3v) is 3.32. The van der Waals surface area contributed by atoms with Crippen LogP contribution in [0, 0.1) is 5.92 Å². The zero-order valence-corrected chi connectivity index (χ0v) is 10.1. The first-order valence-electron chi connectivity index (χ1n) is 4.78. The van der Waals surface area contributed by atoms with E-state index in [1.807, 2.05) is 4.72 Å². The fraction of sp³-hybridized carbons (Fsp3) is 0.875. The molecule has 1 aliphatic carbocycles. The summed E-state index contributed by atoms with van der Waals surface area (Å²) >= 11 is 0. The lowest BCUT2D eigenvalue weighted by Crippen LogP contribution is -2.49. The summed E-state index contributed by atoms with van der Waals surface area (Å²) in [5.74, 6) is -1.78. The van der Waals surface area contributed by atoms with Crippen molar-refractivity contribution < 1.29 is 26.4 Å². The lowest BCUT2D eigenvalue weighted by molar-refractivity contribution is -0.140. The van der Waals surface area contributed by atoms with Crippen LogP contribution in [-0.4, -0.2) is 39.3 Å². The summed E-state index contributed by atoms with van der Waals surface area (Å²) in [5.41, 5.74) is -1.64. The highest BCUT2D eigenvalue weighted by Gasteiger charge is 2.63. The maximum absolute atomic E-state index is 12.2. The van der Waals surface area contributed by atoms with Gasteiger partial charge in [0.05, 0.1) is 6.26 Å². The second-order valence-electron chi connectivity index (χ2n) is 4.15.